The largest absolute Gasteiger partial charge is 0.442 e. The summed E-state index contributed by atoms with van der Waals surface area (Å²) in [6.07, 6.45) is 0.0449. The molecule has 0 spiro atoms. The van der Waals surface area contributed by atoms with Gasteiger partial charge in [-0.15, -0.1) is 0 Å². The molecule has 3 heterocycles. The van der Waals surface area contributed by atoms with Gasteiger partial charge in [0.2, 0.25) is 5.91 Å². The molecule has 31 heavy (non-hydrogen) atoms. The molecular formula is C20H25F2N3O5S. The molecule has 1 aromatic rings. The van der Waals surface area contributed by atoms with E-state index in [1.165, 1.54) is 6.92 Å². The van der Waals surface area contributed by atoms with Crippen LogP contribution in [0.5, 0.6) is 0 Å². The van der Waals surface area contributed by atoms with E-state index in [0.29, 0.717) is 25.9 Å². The molecule has 3 saturated heterocycles. The average Bonchev–Trinajstić information content (AvgIpc) is 3.05. The molecule has 8 nitrogen and oxygen atoms in total. The topological polar surface area (TPSA) is 96.0 Å². The van der Waals surface area contributed by atoms with E-state index in [9.17, 15) is 26.8 Å². The van der Waals surface area contributed by atoms with Crippen LogP contribution in [0.1, 0.15) is 19.8 Å². The number of ether oxygens (including phenoxy) is 1. The van der Waals surface area contributed by atoms with Crippen molar-refractivity contribution in [3.8, 4) is 0 Å². The zero-order valence-corrected chi connectivity index (χ0v) is 18.0. The highest BCUT2D eigenvalue weighted by Crippen LogP contribution is 2.37. The van der Waals surface area contributed by atoms with E-state index in [2.05, 4.69) is 5.32 Å². The molecule has 3 aliphatic heterocycles. The van der Waals surface area contributed by atoms with Crippen molar-refractivity contribution < 1.29 is 31.5 Å². The van der Waals surface area contributed by atoms with Crippen LogP contribution in [-0.4, -0.2) is 64.2 Å². The maximum Gasteiger partial charge on any atom is 0.414 e. The summed E-state index contributed by atoms with van der Waals surface area (Å²) in [4.78, 5) is 25.9. The lowest BCUT2D eigenvalue weighted by molar-refractivity contribution is -0.119. The number of halogens is 2. The van der Waals surface area contributed by atoms with Crippen molar-refractivity contribution in [1.82, 2.24) is 5.32 Å². The number of hydrogen-bond acceptors (Lipinski definition) is 6. The van der Waals surface area contributed by atoms with Crippen LogP contribution in [0.3, 0.4) is 0 Å². The van der Waals surface area contributed by atoms with Crippen molar-refractivity contribution >= 4 is 33.2 Å². The summed E-state index contributed by atoms with van der Waals surface area (Å²) in [6.45, 7) is 2.43. The molecule has 0 saturated carbocycles. The van der Waals surface area contributed by atoms with Gasteiger partial charge in [0.1, 0.15) is 11.8 Å². The van der Waals surface area contributed by atoms with Crippen LogP contribution in [0.2, 0.25) is 0 Å². The van der Waals surface area contributed by atoms with Crippen LogP contribution in [0, 0.1) is 23.5 Å². The molecule has 0 bridgehead atoms. The average molecular weight is 457 g/mol. The van der Waals surface area contributed by atoms with Gasteiger partial charge in [-0.1, -0.05) is 0 Å². The van der Waals surface area contributed by atoms with Gasteiger partial charge in [-0.25, -0.2) is 22.0 Å². The first-order valence-electron chi connectivity index (χ1n) is 10.3. The summed E-state index contributed by atoms with van der Waals surface area (Å²) in [5.41, 5.74) is -0.0746. The Morgan fingerprint density at radius 3 is 2.32 bits per heavy atom. The minimum atomic E-state index is -2.89. The quantitative estimate of drug-likeness (QED) is 0.723. The minimum absolute atomic E-state index is 0.0589. The van der Waals surface area contributed by atoms with Gasteiger partial charge in [0.15, 0.2) is 21.5 Å². The van der Waals surface area contributed by atoms with Gasteiger partial charge < -0.3 is 15.0 Å². The Hall–Kier alpha value is -2.43. The zero-order valence-electron chi connectivity index (χ0n) is 17.1. The molecule has 0 radical (unpaired) electrons. The van der Waals surface area contributed by atoms with E-state index in [-0.39, 0.29) is 53.7 Å². The fourth-order valence-electron chi connectivity index (χ4n) is 4.58. The molecular weight excluding hydrogens is 432 g/mol. The van der Waals surface area contributed by atoms with Crippen LogP contribution in [0.4, 0.5) is 25.0 Å². The van der Waals surface area contributed by atoms with Crippen LogP contribution in [0.15, 0.2) is 12.1 Å². The SMILES string of the molecule is CC(=O)NC[C@H]1CN(c2cc(F)c(N3CCC(C4CS(=O)(=O)C4)CC3)c(F)c2)C(=O)O1. The molecule has 11 heteroatoms. The number of hydrogen-bond donors (Lipinski definition) is 1. The summed E-state index contributed by atoms with van der Waals surface area (Å²) in [6, 6.07) is 2.23. The summed E-state index contributed by atoms with van der Waals surface area (Å²) < 4.78 is 57.7. The van der Waals surface area contributed by atoms with E-state index in [0.717, 1.165) is 17.0 Å². The number of rotatable bonds is 5. The molecule has 4 rings (SSSR count). The Morgan fingerprint density at radius 2 is 1.77 bits per heavy atom. The molecule has 0 unspecified atom stereocenters. The van der Waals surface area contributed by atoms with Crippen molar-refractivity contribution in [3.05, 3.63) is 23.8 Å². The molecule has 1 N–H and O–H groups in total. The zero-order chi connectivity index (χ0) is 22.3. The third-order valence-electron chi connectivity index (χ3n) is 6.22. The lowest BCUT2D eigenvalue weighted by Crippen LogP contribution is -2.46. The Bertz CT molecular complexity index is 960. The summed E-state index contributed by atoms with van der Waals surface area (Å²) in [5, 5.41) is 2.55. The number of cyclic esters (lactones) is 1. The Kier molecular flexibility index (Phi) is 5.80. The number of sulfone groups is 1. The van der Waals surface area contributed by atoms with Crippen molar-refractivity contribution in [1.29, 1.82) is 0 Å². The summed E-state index contributed by atoms with van der Waals surface area (Å²) in [7, 11) is -2.89. The normalized spacial score (nSPS) is 24.1. The van der Waals surface area contributed by atoms with E-state index < -0.39 is 33.7 Å². The van der Waals surface area contributed by atoms with Crippen molar-refractivity contribution in [2.24, 2.45) is 11.8 Å². The molecule has 3 aliphatic rings. The highest BCUT2D eigenvalue weighted by molar-refractivity contribution is 7.92. The minimum Gasteiger partial charge on any atom is -0.442 e. The fourth-order valence-corrected chi connectivity index (χ4v) is 6.33. The third-order valence-corrected chi connectivity index (χ3v) is 8.10. The molecule has 0 aromatic heterocycles. The van der Waals surface area contributed by atoms with Crippen molar-refractivity contribution in [3.63, 3.8) is 0 Å². The number of anilines is 2. The van der Waals surface area contributed by atoms with Crippen LogP contribution < -0.4 is 15.1 Å². The number of piperidine rings is 1. The smallest absolute Gasteiger partial charge is 0.414 e. The first kappa shape index (κ1) is 21.8. The second-order valence-electron chi connectivity index (χ2n) is 8.47. The van der Waals surface area contributed by atoms with Gasteiger partial charge in [-0.3, -0.25) is 9.69 Å². The number of carbonyl (C=O) groups excluding carboxylic acids is 2. The lowest BCUT2D eigenvalue weighted by Gasteiger charge is -2.40. The summed E-state index contributed by atoms with van der Waals surface area (Å²) in [5.74, 6) is -0.969. The first-order chi connectivity index (χ1) is 14.6. The predicted molar refractivity (Wildman–Crippen MR) is 110 cm³/mol. The van der Waals surface area contributed by atoms with Crippen LogP contribution in [-0.2, 0) is 19.4 Å². The maximum absolute atomic E-state index is 14.9. The molecule has 1 aromatic carbocycles. The van der Waals surface area contributed by atoms with Crippen molar-refractivity contribution in [2.75, 3.05) is 47.5 Å². The second kappa shape index (κ2) is 8.25. The van der Waals surface area contributed by atoms with Gasteiger partial charge in [0.05, 0.1) is 30.3 Å². The van der Waals surface area contributed by atoms with E-state index in [4.69, 9.17) is 4.74 Å². The molecule has 3 fully saturated rings. The van der Waals surface area contributed by atoms with Gasteiger partial charge in [-0.05, 0) is 24.7 Å². The van der Waals surface area contributed by atoms with Gasteiger partial charge in [0.25, 0.3) is 0 Å². The van der Waals surface area contributed by atoms with Crippen LogP contribution >= 0.6 is 0 Å². The Balaban J connectivity index is 1.41. The monoisotopic (exact) mass is 457 g/mol. The maximum atomic E-state index is 14.9. The number of amides is 2. The fraction of sp³-hybridized carbons (Fsp3) is 0.600. The second-order valence-corrected chi connectivity index (χ2v) is 10.6. The van der Waals surface area contributed by atoms with Gasteiger partial charge >= 0.3 is 6.09 Å². The Labute approximate surface area is 179 Å². The molecule has 170 valence electrons. The van der Waals surface area contributed by atoms with E-state index in [1.807, 2.05) is 0 Å². The molecule has 0 aliphatic carbocycles. The van der Waals surface area contributed by atoms with Gasteiger partial charge in [0, 0.05) is 32.1 Å². The number of nitrogens with zero attached hydrogens (tertiary/aromatic N) is 2. The number of benzene rings is 1. The predicted octanol–water partition coefficient (Wildman–Crippen LogP) is 1.69. The standard InChI is InChI=1S/C20H25F2N3O5S/c1-12(26)23-8-16-9-25(20(27)30-16)15-6-17(21)19(18(22)7-15)24-4-2-13(3-5-24)14-10-31(28,29)11-14/h6-7,13-14,16H,2-5,8-11H2,1H3,(H,23,26)/t16-/m0/s1. The number of carbonyl (C=O) groups is 2. The molecule has 2 amide bonds. The van der Waals surface area contributed by atoms with E-state index in [1.54, 1.807) is 4.90 Å². The third kappa shape index (κ3) is 4.60. The van der Waals surface area contributed by atoms with E-state index >= 15 is 0 Å². The molecule has 1 atom stereocenters. The Morgan fingerprint density at radius 1 is 1.16 bits per heavy atom. The summed E-state index contributed by atoms with van der Waals surface area (Å²) >= 11 is 0. The van der Waals surface area contributed by atoms with Crippen molar-refractivity contribution in [2.45, 2.75) is 25.9 Å². The van der Waals surface area contributed by atoms with Crippen LogP contribution in [0.25, 0.3) is 0 Å². The first-order valence-corrected chi connectivity index (χ1v) is 12.1. The van der Waals surface area contributed by atoms with Gasteiger partial charge in [-0.2, -0.15) is 0 Å². The highest BCUT2D eigenvalue weighted by atomic mass is 32.2. The highest BCUT2D eigenvalue weighted by Gasteiger charge is 2.40. The number of nitrogens with one attached hydrogen (secondary N) is 1. The lowest BCUT2D eigenvalue weighted by atomic mass is 9.86.